The Balaban J connectivity index is 1.79. The minimum atomic E-state index is 0.690. The van der Waals surface area contributed by atoms with E-state index in [9.17, 15) is 0 Å². The van der Waals surface area contributed by atoms with Crippen molar-refractivity contribution < 1.29 is 0 Å². The molecule has 0 atom stereocenters. The first-order valence-corrected chi connectivity index (χ1v) is 9.26. The van der Waals surface area contributed by atoms with Crippen LogP contribution >= 0.6 is 23.2 Å². The predicted octanol–water partition coefficient (Wildman–Crippen LogP) is 4.59. The highest BCUT2D eigenvalue weighted by atomic mass is 35.5. The topological polar surface area (TPSA) is 29.9 Å². The van der Waals surface area contributed by atoms with Gasteiger partial charge in [-0.2, -0.15) is 5.10 Å². The Bertz CT molecular complexity index is 884. The molecule has 0 saturated heterocycles. The van der Waals surface area contributed by atoms with E-state index in [0.29, 0.717) is 6.54 Å². The predicted molar refractivity (Wildman–Crippen MR) is 104 cm³/mol. The van der Waals surface area contributed by atoms with Crippen molar-refractivity contribution in [1.29, 1.82) is 0 Å². The van der Waals surface area contributed by atoms with Crippen molar-refractivity contribution in [2.45, 2.75) is 19.4 Å². The summed E-state index contributed by atoms with van der Waals surface area (Å²) in [6.07, 6.45) is 1.95. The molecule has 1 N–H and O–H groups in total. The molecular formula is C20H19Cl2N3. The molecule has 4 rings (SSSR count). The Morgan fingerprint density at radius 2 is 1.72 bits per heavy atom. The van der Waals surface area contributed by atoms with E-state index < -0.39 is 0 Å². The fraction of sp³-hybridized carbons (Fsp3) is 0.250. The third-order valence-electron chi connectivity index (χ3n) is 4.65. The van der Waals surface area contributed by atoms with Gasteiger partial charge in [0.05, 0.1) is 12.2 Å². The number of rotatable bonds is 3. The first-order chi connectivity index (χ1) is 12.2. The molecule has 0 bridgehead atoms. The molecule has 2 heterocycles. The number of hydrogen-bond donors (Lipinski definition) is 1. The molecule has 1 aromatic heterocycles. The molecule has 25 heavy (non-hydrogen) atoms. The van der Waals surface area contributed by atoms with Gasteiger partial charge < -0.3 is 5.32 Å². The Kier molecular flexibility index (Phi) is 4.80. The first-order valence-electron chi connectivity index (χ1n) is 8.51. The zero-order valence-electron chi connectivity index (χ0n) is 13.8. The number of halogens is 2. The molecule has 0 saturated carbocycles. The largest absolute Gasteiger partial charge is 0.316 e. The quantitative estimate of drug-likeness (QED) is 0.729. The second-order valence-corrected chi connectivity index (χ2v) is 7.12. The SMILES string of the molecule is Clc1ccc(-c2nn(Cc3ccccc3Cl)c3c2CCNCC3)cc1. The molecular weight excluding hydrogens is 353 g/mol. The zero-order valence-corrected chi connectivity index (χ0v) is 15.3. The lowest BCUT2D eigenvalue weighted by molar-refractivity contribution is 0.629. The number of hydrogen-bond acceptors (Lipinski definition) is 2. The van der Waals surface area contributed by atoms with E-state index in [2.05, 4.69) is 16.1 Å². The van der Waals surface area contributed by atoms with Gasteiger partial charge in [0.15, 0.2) is 0 Å². The summed E-state index contributed by atoms with van der Waals surface area (Å²) in [4.78, 5) is 0. The van der Waals surface area contributed by atoms with Gasteiger partial charge in [0.25, 0.3) is 0 Å². The highest BCUT2D eigenvalue weighted by Gasteiger charge is 2.21. The molecule has 3 nitrogen and oxygen atoms in total. The van der Waals surface area contributed by atoms with Crippen molar-refractivity contribution in [3.63, 3.8) is 0 Å². The van der Waals surface area contributed by atoms with E-state index in [1.165, 1.54) is 11.3 Å². The second-order valence-electron chi connectivity index (χ2n) is 6.28. The summed E-state index contributed by atoms with van der Waals surface area (Å²) < 4.78 is 2.12. The minimum absolute atomic E-state index is 0.690. The summed E-state index contributed by atoms with van der Waals surface area (Å²) in [5, 5.41) is 9.97. The van der Waals surface area contributed by atoms with Crippen LogP contribution in [0.25, 0.3) is 11.3 Å². The third-order valence-corrected chi connectivity index (χ3v) is 5.27. The fourth-order valence-electron chi connectivity index (χ4n) is 3.38. The zero-order chi connectivity index (χ0) is 17.2. The number of fused-ring (bicyclic) bond motifs is 1. The summed E-state index contributed by atoms with van der Waals surface area (Å²) >= 11 is 12.4. The molecule has 0 fully saturated rings. The highest BCUT2D eigenvalue weighted by molar-refractivity contribution is 6.31. The molecule has 0 unspecified atom stereocenters. The van der Waals surface area contributed by atoms with Gasteiger partial charge in [-0.25, -0.2) is 0 Å². The summed E-state index contributed by atoms with van der Waals surface area (Å²) in [7, 11) is 0. The Morgan fingerprint density at radius 1 is 0.960 bits per heavy atom. The van der Waals surface area contributed by atoms with Gasteiger partial charge in [-0.15, -0.1) is 0 Å². The number of nitrogens with one attached hydrogen (secondary N) is 1. The molecule has 1 aliphatic rings. The summed E-state index contributed by atoms with van der Waals surface area (Å²) in [6, 6.07) is 15.9. The number of nitrogens with zero attached hydrogens (tertiary/aromatic N) is 2. The van der Waals surface area contributed by atoms with Crippen molar-refractivity contribution >= 4 is 23.2 Å². The van der Waals surface area contributed by atoms with Crippen LogP contribution in [0.3, 0.4) is 0 Å². The molecule has 0 amide bonds. The van der Waals surface area contributed by atoms with Crippen molar-refractivity contribution in [1.82, 2.24) is 15.1 Å². The van der Waals surface area contributed by atoms with E-state index >= 15 is 0 Å². The Morgan fingerprint density at radius 3 is 2.52 bits per heavy atom. The smallest absolute Gasteiger partial charge is 0.0958 e. The standard InChI is InChI=1S/C20H19Cl2N3/c21-16-7-5-14(6-8-16)20-17-9-11-23-12-10-19(17)25(24-20)13-15-3-1-2-4-18(15)22/h1-8,23H,9-13H2. The minimum Gasteiger partial charge on any atom is -0.316 e. The van der Waals surface area contributed by atoms with Crippen molar-refractivity contribution in [2.75, 3.05) is 13.1 Å². The number of benzene rings is 2. The van der Waals surface area contributed by atoms with Gasteiger partial charge in [0.1, 0.15) is 0 Å². The van der Waals surface area contributed by atoms with Gasteiger partial charge in [0, 0.05) is 39.8 Å². The lowest BCUT2D eigenvalue weighted by Crippen LogP contribution is -2.17. The lowest BCUT2D eigenvalue weighted by Gasteiger charge is -2.09. The average molecular weight is 372 g/mol. The van der Waals surface area contributed by atoms with Crippen molar-refractivity contribution in [3.8, 4) is 11.3 Å². The Labute approximate surface area is 157 Å². The maximum Gasteiger partial charge on any atom is 0.0958 e. The highest BCUT2D eigenvalue weighted by Crippen LogP contribution is 2.29. The summed E-state index contributed by atoms with van der Waals surface area (Å²) in [5.74, 6) is 0. The summed E-state index contributed by atoms with van der Waals surface area (Å²) in [6.45, 7) is 2.64. The van der Waals surface area contributed by atoms with Crippen molar-refractivity contribution in [3.05, 3.63) is 75.4 Å². The van der Waals surface area contributed by atoms with Gasteiger partial charge >= 0.3 is 0 Å². The van der Waals surface area contributed by atoms with Crippen LogP contribution in [-0.2, 0) is 19.4 Å². The van der Waals surface area contributed by atoms with Crippen LogP contribution in [0.4, 0.5) is 0 Å². The maximum absolute atomic E-state index is 6.36. The molecule has 2 aromatic carbocycles. The molecule has 3 aromatic rings. The van der Waals surface area contributed by atoms with Crippen LogP contribution in [0.5, 0.6) is 0 Å². The summed E-state index contributed by atoms with van der Waals surface area (Å²) in [5.41, 5.74) is 5.89. The molecule has 1 aliphatic heterocycles. The van der Waals surface area contributed by atoms with E-state index in [1.54, 1.807) is 0 Å². The van der Waals surface area contributed by atoms with Crippen LogP contribution in [-0.4, -0.2) is 22.9 Å². The molecule has 0 aliphatic carbocycles. The lowest BCUT2D eigenvalue weighted by atomic mass is 10.0. The normalized spacial score (nSPS) is 14.2. The van der Waals surface area contributed by atoms with Gasteiger partial charge in [-0.05, 0) is 36.7 Å². The molecule has 0 radical (unpaired) electrons. The van der Waals surface area contributed by atoms with Crippen LogP contribution in [0.15, 0.2) is 48.5 Å². The monoisotopic (exact) mass is 371 g/mol. The first kappa shape index (κ1) is 16.6. The van der Waals surface area contributed by atoms with E-state index in [-0.39, 0.29) is 0 Å². The Hall–Kier alpha value is -1.81. The van der Waals surface area contributed by atoms with Gasteiger partial charge in [0.2, 0.25) is 0 Å². The molecule has 5 heteroatoms. The van der Waals surface area contributed by atoms with Crippen LogP contribution < -0.4 is 5.32 Å². The van der Waals surface area contributed by atoms with E-state index in [1.807, 2.05) is 42.5 Å². The number of aromatic nitrogens is 2. The average Bonchev–Trinajstić information content (AvgIpc) is 2.80. The second kappa shape index (κ2) is 7.20. The molecule has 0 spiro atoms. The fourth-order valence-corrected chi connectivity index (χ4v) is 3.70. The van der Waals surface area contributed by atoms with Crippen LogP contribution in [0, 0.1) is 0 Å². The molecule has 128 valence electrons. The van der Waals surface area contributed by atoms with E-state index in [4.69, 9.17) is 28.3 Å². The van der Waals surface area contributed by atoms with Crippen molar-refractivity contribution in [2.24, 2.45) is 0 Å². The van der Waals surface area contributed by atoms with Crippen LogP contribution in [0.1, 0.15) is 16.8 Å². The van der Waals surface area contributed by atoms with Crippen LogP contribution in [0.2, 0.25) is 10.0 Å². The van der Waals surface area contributed by atoms with Gasteiger partial charge in [-0.3, -0.25) is 4.68 Å². The van der Waals surface area contributed by atoms with Gasteiger partial charge in [-0.1, -0.05) is 53.5 Å². The maximum atomic E-state index is 6.36. The van der Waals surface area contributed by atoms with E-state index in [0.717, 1.165) is 52.8 Å². The third kappa shape index (κ3) is 3.45.